The maximum atomic E-state index is 13.6. The van der Waals surface area contributed by atoms with Crippen molar-refractivity contribution in [2.45, 2.75) is 26.2 Å². The van der Waals surface area contributed by atoms with E-state index in [9.17, 15) is 4.39 Å². The Hall–Kier alpha value is -1.32. The minimum Gasteiger partial charge on any atom is -0.379 e. The highest BCUT2D eigenvalue weighted by atomic mass is 35.5. The maximum Gasteiger partial charge on any atom is 0.146 e. The fourth-order valence-electron chi connectivity index (χ4n) is 1.95. The monoisotopic (exact) mass is 307 g/mol. The molecule has 0 amide bonds. The quantitative estimate of drug-likeness (QED) is 0.812. The number of anilines is 1. The predicted octanol–water partition coefficient (Wildman–Crippen LogP) is 4.64. The maximum absolute atomic E-state index is 13.6. The lowest BCUT2D eigenvalue weighted by Gasteiger charge is -2.17. The van der Waals surface area contributed by atoms with Crippen LogP contribution < -0.4 is 10.5 Å². The SMILES string of the molecule is C[Si](C)(C)c1ccc(CNc2cc(Cl)ccc2F)cc1. The minimum atomic E-state index is -1.26. The second kappa shape index (κ2) is 5.98. The molecule has 4 heteroatoms. The summed E-state index contributed by atoms with van der Waals surface area (Å²) in [5, 5.41) is 5.04. The normalized spacial score (nSPS) is 11.4. The van der Waals surface area contributed by atoms with Gasteiger partial charge in [0.25, 0.3) is 0 Å². The lowest BCUT2D eigenvalue weighted by Crippen LogP contribution is -2.37. The molecule has 0 aliphatic heterocycles. The van der Waals surface area contributed by atoms with Crippen LogP contribution in [0.5, 0.6) is 0 Å². The zero-order valence-electron chi connectivity index (χ0n) is 12.0. The number of benzene rings is 2. The van der Waals surface area contributed by atoms with Crippen LogP contribution in [0.4, 0.5) is 10.1 Å². The second-order valence-electron chi connectivity index (χ2n) is 5.92. The van der Waals surface area contributed by atoms with E-state index in [0.717, 1.165) is 5.56 Å². The number of hydrogen-bond acceptors (Lipinski definition) is 1. The Morgan fingerprint density at radius 3 is 2.30 bits per heavy atom. The molecule has 1 nitrogen and oxygen atoms in total. The molecule has 0 aromatic heterocycles. The van der Waals surface area contributed by atoms with Crippen LogP contribution in [0.3, 0.4) is 0 Å². The molecule has 106 valence electrons. The molecule has 0 heterocycles. The third kappa shape index (κ3) is 3.84. The van der Waals surface area contributed by atoms with Crippen LogP contribution in [0.2, 0.25) is 24.7 Å². The average Bonchev–Trinajstić information content (AvgIpc) is 2.39. The molecule has 1 N–H and O–H groups in total. The summed E-state index contributed by atoms with van der Waals surface area (Å²) in [6, 6.07) is 13.1. The molecule has 2 rings (SSSR count). The molecule has 2 aromatic rings. The minimum absolute atomic E-state index is 0.284. The molecule has 0 fully saturated rings. The highest BCUT2D eigenvalue weighted by molar-refractivity contribution is 6.88. The van der Waals surface area contributed by atoms with E-state index in [4.69, 9.17) is 11.6 Å². The zero-order chi connectivity index (χ0) is 14.8. The van der Waals surface area contributed by atoms with E-state index in [2.05, 4.69) is 49.2 Å². The van der Waals surface area contributed by atoms with E-state index in [1.807, 2.05) is 0 Å². The predicted molar refractivity (Wildman–Crippen MR) is 88.2 cm³/mol. The van der Waals surface area contributed by atoms with Crippen molar-refractivity contribution in [3.63, 3.8) is 0 Å². The molecule has 0 aliphatic carbocycles. The van der Waals surface area contributed by atoms with Crippen molar-refractivity contribution in [2.24, 2.45) is 0 Å². The van der Waals surface area contributed by atoms with Crippen molar-refractivity contribution >= 4 is 30.5 Å². The van der Waals surface area contributed by atoms with Gasteiger partial charge in [-0.15, -0.1) is 0 Å². The van der Waals surface area contributed by atoms with Crippen LogP contribution in [-0.4, -0.2) is 8.07 Å². The highest BCUT2D eigenvalue weighted by Gasteiger charge is 2.15. The van der Waals surface area contributed by atoms with E-state index < -0.39 is 8.07 Å². The van der Waals surface area contributed by atoms with Crippen molar-refractivity contribution < 1.29 is 4.39 Å². The van der Waals surface area contributed by atoms with Gasteiger partial charge < -0.3 is 5.32 Å². The standard InChI is InChI=1S/C16H19ClFNSi/c1-20(2,3)14-7-4-12(5-8-14)11-19-16-10-13(17)6-9-15(16)18/h4-10,19H,11H2,1-3H3. The van der Waals surface area contributed by atoms with Crippen LogP contribution in [0.1, 0.15) is 5.56 Å². The Morgan fingerprint density at radius 2 is 1.70 bits per heavy atom. The fraction of sp³-hybridized carbons (Fsp3) is 0.250. The molecule has 0 spiro atoms. The molecule has 0 radical (unpaired) electrons. The van der Waals surface area contributed by atoms with Gasteiger partial charge in [0.05, 0.1) is 13.8 Å². The second-order valence-corrected chi connectivity index (χ2v) is 11.4. The van der Waals surface area contributed by atoms with Gasteiger partial charge in [-0.05, 0) is 23.8 Å². The zero-order valence-corrected chi connectivity index (χ0v) is 13.8. The number of rotatable bonds is 4. The van der Waals surface area contributed by atoms with Gasteiger partial charge in [0.15, 0.2) is 0 Å². The molecular formula is C16H19ClFNSi. The molecular weight excluding hydrogens is 289 g/mol. The first-order valence-corrected chi connectivity index (χ1v) is 10.5. The van der Waals surface area contributed by atoms with Gasteiger partial charge in [-0.2, -0.15) is 0 Å². The lowest BCUT2D eigenvalue weighted by atomic mass is 10.2. The molecule has 20 heavy (non-hydrogen) atoms. The Bertz CT molecular complexity index is 590. The van der Waals surface area contributed by atoms with Crippen LogP contribution in [-0.2, 0) is 6.54 Å². The molecule has 2 aromatic carbocycles. The summed E-state index contributed by atoms with van der Waals surface area (Å²) in [5.74, 6) is -0.284. The van der Waals surface area contributed by atoms with Gasteiger partial charge in [-0.1, -0.05) is 60.7 Å². The Kier molecular flexibility index (Phi) is 4.51. The van der Waals surface area contributed by atoms with E-state index >= 15 is 0 Å². The first-order valence-electron chi connectivity index (χ1n) is 6.64. The van der Waals surface area contributed by atoms with Gasteiger partial charge in [0.1, 0.15) is 5.82 Å². The fourth-order valence-corrected chi connectivity index (χ4v) is 3.29. The van der Waals surface area contributed by atoms with Crippen molar-refractivity contribution in [1.82, 2.24) is 0 Å². The third-order valence-electron chi connectivity index (χ3n) is 3.23. The summed E-state index contributed by atoms with van der Waals surface area (Å²) in [4.78, 5) is 0. The topological polar surface area (TPSA) is 12.0 Å². The lowest BCUT2D eigenvalue weighted by molar-refractivity contribution is 0.630. The summed E-state index contributed by atoms with van der Waals surface area (Å²) in [6.07, 6.45) is 0. The molecule has 0 saturated heterocycles. The first-order chi connectivity index (χ1) is 9.36. The molecule has 0 aliphatic rings. The largest absolute Gasteiger partial charge is 0.379 e. The van der Waals surface area contributed by atoms with Gasteiger partial charge >= 0.3 is 0 Å². The summed E-state index contributed by atoms with van der Waals surface area (Å²) in [6.45, 7) is 7.55. The van der Waals surface area contributed by atoms with Crippen LogP contribution in [0, 0.1) is 5.82 Å². The number of halogens is 2. The molecule has 0 saturated carbocycles. The van der Waals surface area contributed by atoms with Crippen LogP contribution >= 0.6 is 11.6 Å². The molecule has 0 atom stereocenters. The summed E-state index contributed by atoms with van der Waals surface area (Å²) >= 11 is 5.87. The Balaban J connectivity index is 2.06. The summed E-state index contributed by atoms with van der Waals surface area (Å²) in [7, 11) is -1.26. The van der Waals surface area contributed by atoms with E-state index in [0.29, 0.717) is 17.3 Å². The van der Waals surface area contributed by atoms with Gasteiger partial charge in [-0.3, -0.25) is 0 Å². The van der Waals surface area contributed by atoms with Crippen LogP contribution in [0.25, 0.3) is 0 Å². The van der Waals surface area contributed by atoms with E-state index in [1.165, 1.54) is 11.3 Å². The smallest absolute Gasteiger partial charge is 0.146 e. The molecule has 0 unspecified atom stereocenters. The highest BCUT2D eigenvalue weighted by Crippen LogP contribution is 2.20. The summed E-state index contributed by atoms with van der Waals surface area (Å²) < 4.78 is 13.6. The molecule has 0 bridgehead atoms. The van der Waals surface area contributed by atoms with Crippen molar-refractivity contribution in [2.75, 3.05) is 5.32 Å². The average molecular weight is 308 g/mol. The van der Waals surface area contributed by atoms with E-state index in [1.54, 1.807) is 12.1 Å². The first kappa shape index (κ1) is 15.1. The summed E-state index contributed by atoms with van der Waals surface area (Å²) in [5.41, 5.74) is 1.57. The van der Waals surface area contributed by atoms with Gasteiger partial charge in [-0.25, -0.2) is 4.39 Å². The number of nitrogens with one attached hydrogen (secondary N) is 1. The van der Waals surface area contributed by atoms with Gasteiger partial charge in [0, 0.05) is 11.6 Å². The van der Waals surface area contributed by atoms with Crippen molar-refractivity contribution in [1.29, 1.82) is 0 Å². The van der Waals surface area contributed by atoms with E-state index in [-0.39, 0.29) is 5.82 Å². The Labute approximate surface area is 125 Å². The Morgan fingerprint density at radius 1 is 1.05 bits per heavy atom. The van der Waals surface area contributed by atoms with Crippen molar-refractivity contribution in [3.8, 4) is 0 Å². The number of hydrogen-bond donors (Lipinski definition) is 1. The van der Waals surface area contributed by atoms with Crippen LogP contribution in [0.15, 0.2) is 42.5 Å². The van der Waals surface area contributed by atoms with Crippen molar-refractivity contribution in [3.05, 3.63) is 58.9 Å². The third-order valence-corrected chi connectivity index (χ3v) is 5.53. The van der Waals surface area contributed by atoms with Gasteiger partial charge in [0.2, 0.25) is 0 Å².